The lowest BCUT2D eigenvalue weighted by Crippen LogP contribution is -2.51. The molecule has 1 amide bonds. The van der Waals surface area contributed by atoms with Crippen LogP contribution in [0.1, 0.15) is 6.42 Å². The first-order chi connectivity index (χ1) is 9.82. The van der Waals surface area contributed by atoms with E-state index in [2.05, 4.69) is 10.1 Å². The molecule has 9 heteroatoms. The van der Waals surface area contributed by atoms with Crippen molar-refractivity contribution in [1.29, 1.82) is 0 Å². The van der Waals surface area contributed by atoms with Crippen LogP contribution in [0.2, 0.25) is 10.0 Å². The van der Waals surface area contributed by atoms with Crippen LogP contribution < -0.4 is 15.8 Å². The molecule has 0 aliphatic carbocycles. The lowest BCUT2D eigenvalue weighted by molar-refractivity contribution is -0.121. The molecule has 116 valence electrons. The Bertz CT molecular complexity index is 528. The van der Waals surface area contributed by atoms with Crippen LogP contribution in [0.25, 0.3) is 0 Å². The molecule has 0 aromatic heterocycles. The molecule has 1 aromatic carbocycles. The van der Waals surface area contributed by atoms with Crippen molar-refractivity contribution >= 4 is 34.8 Å². The van der Waals surface area contributed by atoms with Gasteiger partial charge in [-0.15, -0.1) is 0 Å². The monoisotopic (exact) mass is 340 g/mol. The lowest BCUT2D eigenvalue weighted by atomic mass is 9.99. The summed E-state index contributed by atoms with van der Waals surface area (Å²) in [5, 5.41) is 2.24. The summed E-state index contributed by atoms with van der Waals surface area (Å²) in [6, 6.07) is 2.50. The standard InChI is InChI=1S/C12H12Cl2F2N2O3/c13-7-3-6(4-8(14)9(7)21-11(15)16)18-10(19)12(17)1-2-20-5-12/h3-4,11H,1-2,5,17H2,(H,18,19). The minimum Gasteiger partial charge on any atom is -0.432 e. The zero-order valence-corrected chi connectivity index (χ0v) is 12.2. The molecule has 0 spiro atoms. The van der Waals surface area contributed by atoms with Crippen molar-refractivity contribution < 1.29 is 23.0 Å². The molecular weight excluding hydrogens is 329 g/mol. The summed E-state index contributed by atoms with van der Waals surface area (Å²) < 4.78 is 33.7. The van der Waals surface area contributed by atoms with E-state index in [0.29, 0.717) is 13.0 Å². The van der Waals surface area contributed by atoms with Crippen molar-refractivity contribution in [3.05, 3.63) is 22.2 Å². The molecule has 1 saturated heterocycles. The van der Waals surface area contributed by atoms with Gasteiger partial charge in [-0.25, -0.2) is 0 Å². The van der Waals surface area contributed by atoms with Crippen molar-refractivity contribution in [2.45, 2.75) is 18.6 Å². The Morgan fingerprint density at radius 2 is 2.05 bits per heavy atom. The van der Waals surface area contributed by atoms with Crippen LogP contribution >= 0.6 is 23.2 Å². The molecule has 1 aliphatic rings. The molecule has 0 bridgehead atoms. The van der Waals surface area contributed by atoms with Crippen LogP contribution in [-0.4, -0.2) is 31.3 Å². The summed E-state index contributed by atoms with van der Waals surface area (Å²) in [5.41, 5.74) is 5.00. The zero-order chi connectivity index (χ0) is 15.6. The number of amides is 1. The highest BCUT2D eigenvalue weighted by molar-refractivity contribution is 6.37. The number of ether oxygens (including phenoxy) is 2. The summed E-state index contributed by atoms with van der Waals surface area (Å²) in [6.45, 7) is -2.55. The molecule has 3 N–H and O–H groups in total. The van der Waals surface area contributed by atoms with Crippen LogP contribution in [0.15, 0.2) is 12.1 Å². The fraction of sp³-hybridized carbons (Fsp3) is 0.417. The van der Waals surface area contributed by atoms with Crippen molar-refractivity contribution in [3.63, 3.8) is 0 Å². The van der Waals surface area contributed by atoms with Gasteiger partial charge in [0.15, 0.2) is 5.75 Å². The van der Waals surface area contributed by atoms with Gasteiger partial charge in [0.2, 0.25) is 5.91 Å². The van der Waals surface area contributed by atoms with Gasteiger partial charge in [-0.05, 0) is 18.6 Å². The van der Waals surface area contributed by atoms with E-state index in [1.165, 1.54) is 12.1 Å². The Labute approximate surface area is 129 Å². The van der Waals surface area contributed by atoms with Crippen LogP contribution in [0.4, 0.5) is 14.5 Å². The number of nitrogens with two attached hydrogens (primary N) is 1. The highest BCUT2D eigenvalue weighted by Gasteiger charge is 2.38. The average molecular weight is 341 g/mol. The molecule has 1 unspecified atom stereocenters. The minimum atomic E-state index is -3.05. The molecule has 1 fully saturated rings. The van der Waals surface area contributed by atoms with Gasteiger partial charge in [-0.3, -0.25) is 4.79 Å². The summed E-state index contributed by atoms with van der Waals surface area (Å²) in [7, 11) is 0. The highest BCUT2D eigenvalue weighted by Crippen LogP contribution is 2.37. The Morgan fingerprint density at radius 1 is 1.43 bits per heavy atom. The van der Waals surface area contributed by atoms with E-state index in [-0.39, 0.29) is 28.1 Å². The smallest absolute Gasteiger partial charge is 0.387 e. The third-order valence-corrected chi connectivity index (χ3v) is 3.53. The molecule has 5 nitrogen and oxygen atoms in total. The van der Waals surface area contributed by atoms with E-state index in [4.69, 9.17) is 33.7 Å². The van der Waals surface area contributed by atoms with Crippen LogP contribution in [-0.2, 0) is 9.53 Å². The first kappa shape index (κ1) is 16.2. The van der Waals surface area contributed by atoms with Crippen LogP contribution in [0.5, 0.6) is 5.75 Å². The summed E-state index contributed by atoms with van der Waals surface area (Å²) in [6.07, 6.45) is 0.382. The number of nitrogens with one attached hydrogen (secondary N) is 1. The maximum atomic E-state index is 12.2. The summed E-state index contributed by atoms with van der Waals surface area (Å²) in [5.74, 6) is -0.812. The lowest BCUT2D eigenvalue weighted by Gasteiger charge is -2.21. The van der Waals surface area contributed by atoms with Gasteiger partial charge >= 0.3 is 6.61 Å². The van der Waals surface area contributed by atoms with Gasteiger partial charge < -0.3 is 20.5 Å². The normalized spacial score (nSPS) is 21.6. The number of carbonyl (C=O) groups is 1. The molecule has 0 saturated carbocycles. The average Bonchev–Trinajstić information content (AvgIpc) is 2.82. The van der Waals surface area contributed by atoms with E-state index < -0.39 is 18.1 Å². The van der Waals surface area contributed by atoms with E-state index in [9.17, 15) is 13.6 Å². The Morgan fingerprint density at radius 3 is 2.52 bits per heavy atom. The number of halogens is 4. The maximum Gasteiger partial charge on any atom is 0.387 e. The molecule has 21 heavy (non-hydrogen) atoms. The molecular formula is C12H12Cl2F2N2O3. The first-order valence-electron chi connectivity index (χ1n) is 5.94. The summed E-state index contributed by atoms with van der Waals surface area (Å²) in [4.78, 5) is 12.1. The van der Waals surface area contributed by atoms with Crippen molar-refractivity contribution in [2.75, 3.05) is 18.5 Å². The van der Waals surface area contributed by atoms with Gasteiger partial charge in [0.05, 0.1) is 16.7 Å². The van der Waals surface area contributed by atoms with E-state index >= 15 is 0 Å². The molecule has 2 rings (SSSR count). The topological polar surface area (TPSA) is 73.6 Å². The van der Waals surface area contributed by atoms with Gasteiger partial charge in [-0.2, -0.15) is 8.78 Å². The van der Waals surface area contributed by atoms with Gasteiger partial charge in [0, 0.05) is 12.3 Å². The van der Waals surface area contributed by atoms with Gasteiger partial charge in [0.1, 0.15) is 5.54 Å². The fourth-order valence-corrected chi connectivity index (χ4v) is 2.43. The maximum absolute atomic E-state index is 12.2. The van der Waals surface area contributed by atoms with Gasteiger partial charge in [0.25, 0.3) is 0 Å². The highest BCUT2D eigenvalue weighted by atomic mass is 35.5. The largest absolute Gasteiger partial charge is 0.432 e. The Balaban J connectivity index is 2.16. The second-order valence-corrected chi connectivity index (χ2v) is 5.37. The molecule has 1 aliphatic heterocycles. The second-order valence-electron chi connectivity index (χ2n) is 4.56. The predicted octanol–water partition coefficient (Wildman–Crippen LogP) is 2.65. The second kappa shape index (κ2) is 6.31. The minimum absolute atomic E-state index is 0.104. The third-order valence-electron chi connectivity index (χ3n) is 2.97. The van der Waals surface area contributed by atoms with Crippen molar-refractivity contribution in [1.82, 2.24) is 0 Å². The number of carbonyl (C=O) groups excluding carboxylic acids is 1. The first-order valence-corrected chi connectivity index (χ1v) is 6.69. The third kappa shape index (κ3) is 3.74. The zero-order valence-electron chi connectivity index (χ0n) is 10.7. The number of alkyl halides is 2. The number of anilines is 1. The number of benzene rings is 1. The SMILES string of the molecule is NC1(C(=O)Nc2cc(Cl)c(OC(F)F)c(Cl)c2)CCOC1. The predicted molar refractivity (Wildman–Crippen MR) is 74.1 cm³/mol. The number of hydrogen-bond acceptors (Lipinski definition) is 4. The van der Waals surface area contributed by atoms with E-state index in [1.54, 1.807) is 0 Å². The fourth-order valence-electron chi connectivity index (χ4n) is 1.85. The summed E-state index contributed by atoms with van der Waals surface area (Å²) >= 11 is 11.6. The van der Waals surface area contributed by atoms with Gasteiger partial charge in [-0.1, -0.05) is 23.2 Å². The Hall–Kier alpha value is -1.15. The number of hydrogen-bond donors (Lipinski definition) is 2. The van der Waals surface area contributed by atoms with Crippen LogP contribution in [0.3, 0.4) is 0 Å². The molecule has 1 aromatic rings. The van der Waals surface area contributed by atoms with Crippen molar-refractivity contribution in [3.8, 4) is 5.75 Å². The van der Waals surface area contributed by atoms with E-state index in [1.807, 2.05) is 0 Å². The molecule has 1 heterocycles. The number of rotatable bonds is 4. The van der Waals surface area contributed by atoms with Crippen molar-refractivity contribution in [2.24, 2.45) is 5.73 Å². The molecule has 0 radical (unpaired) electrons. The Kier molecular flexibility index (Phi) is 4.88. The van der Waals surface area contributed by atoms with E-state index in [0.717, 1.165) is 0 Å². The quantitative estimate of drug-likeness (QED) is 0.883. The molecule has 1 atom stereocenters. The van der Waals surface area contributed by atoms with Crippen LogP contribution in [0, 0.1) is 0 Å².